The SMILES string of the molecule is CC/C=C\C/C=C\C/C=C\C/C=C\C/C=C\CCCCCCCCCCCCCCCCCCCCCCCCCC(=O)OC(COC(=O)CCCCCCCCCCCCCCCCCCCCCCCCCCCCCCCCCCCCCCCC)COP(=O)(O)OCCN. The summed E-state index contributed by atoms with van der Waals surface area (Å²) in [6, 6.07) is 0. The van der Waals surface area contributed by atoms with Crippen LogP contribution in [0, 0.1) is 0 Å². The number of ether oxygens (including phenoxy) is 2. The van der Waals surface area contributed by atoms with Crippen LogP contribution < -0.4 is 5.73 Å². The highest BCUT2D eigenvalue weighted by Gasteiger charge is 2.26. The number of unbranched alkanes of at least 4 members (excludes halogenated alkanes) is 60. The van der Waals surface area contributed by atoms with Gasteiger partial charge in [0.25, 0.3) is 0 Å². The normalized spacial score (nSPS) is 13.1. The van der Waals surface area contributed by atoms with Gasteiger partial charge in [0.05, 0.1) is 13.2 Å². The van der Waals surface area contributed by atoms with E-state index in [0.717, 1.165) is 64.2 Å². The van der Waals surface area contributed by atoms with Gasteiger partial charge >= 0.3 is 19.8 Å². The molecule has 576 valence electrons. The summed E-state index contributed by atoms with van der Waals surface area (Å²) in [6.07, 6.45) is 111. The fourth-order valence-corrected chi connectivity index (χ4v) is 14.1. The lowest BCUT2D eigenvalue weighted by Crippen LogP contribution is -2.29. The number of phosphoric acid groups is 1. The van der Waals surface area contributed by atoms with Gasteiger partial charge < -0.3 is 20.1 Å². The Balaban J connectivity index is 3.71. The molecular formula is C88H166NO8P. The van der Waals surface area contributed by atoms with Crippen molar-refractivity contribution in [1.82, 2.24) is 0 Å². The molecule has 0 radical (unpaired) electrons. The van der Waals surface area contributed by atoms with E-state index in [-0.39, 0.29) is 38.6 Å². The van der Waals surface area contributed by atoms with Gasteiger partial charge in [0.2, 0.25) is 0 Å². The Labute approximate surface area is 610 Å². The summed E-state index contributed by atoms with van der Waals surface area (Å²) in [4.78, 5) is 35.5. The molecule has 0 aliphatic carbocycles. The lowest BCUT2D eigenvalue weighted by Gasteiger charge is -2.19. The number of carbonyl (C=O) groups excluding carboxylic acids is 2. The van der Waals surface area contributed by atoms with Crippen molar-refractivity contribution in [1.29, 1.82) is 0 Å². The third kappa shape index (κ3) is 82.7. The minimum absolute atomic E-state index is 0.0561. The standard InChI is InChI=1S/C88H166NO8P/c1-3-5-7-9-11-13-15-17-19-21-23-25-27-29-31-33-35-37-39-41-43-45-47-49-51-53-55-57-59-61-63-65-67-69-71-73-75-77-79-81-88(91)97-86(85-96-98(92,93)95-83-82-89)84-94-87(90)80-78-76-74-72-70-68-66-64-62-60-58-56-54-52-50-48-46-44-42-40-38-36-34-32-30-28-26-24-22-20-18-16-14-12-10-8-6-4-2/h5,7,11,13,17,19,23,25,29,31,86H,3-4,6,8-10,12,14-16,18,20-22,24,26-28,30,32-85,89H2,1-2H3,(H,92,93)/b7-5-,13-11-,19-17-,25-23-,31-29-. The molecule has 0 saturated carbocycles. The first-order valence-corrected chi connectivity index (χ1v) is 44.8. The highest BCUT2D eigenvalue weighted by Crippen LogP contribution is 2.43. The van der Waals surface area contributed by atoms with Crippen LogP contribution in [-0.2, 0) is 32.7 Å². The van der Waals surface area contributed by atoms with E-state index in [0.29, 0.717) is 6.42 Å². The predicted octanol–water partition coefficient (Wildman–Crippen LogP) is 29.3. The van der Waals surface area contributed by atoms with Crippen molar-refractivity contribution in [2.75, 3.05) is 26.4 Å². The van der Waals surface area contributed by atoms with E-state index < -0.39 is 26.5 Å². The van der Waals surface area contributed by atoms with Crippen LogP contribution in [-0.4, -0.2) is 49.3 Å². The van der Waals surface area contributed by atoms with Crippen LogP contribution in [0.2, 0.25) is 0 Å². The second-order valence-electron chi connectivity index (χ2n) is 29.4. The first-order valence-electron chi connectivity index (χ1n) is 43.3. The van der Waals surface area contributed by atoms with E-state index in [1.165, 1.54) is 360 Å². The highest BCUT2D eigenvalue weighted by molar-refractivity contribution is 7.47. The van der Waals surface area contributed by atoms with Crippen molar-refractivity contribution in [3.63, 3.8) is 0 Å². The molecule has 0 aromatic rings. The van der Waals surface area contributed by atoms with Crippen LogP contribution in [0.1, 0.15) is 457 Å². The molecule has 10 heteroatoms. The quantitative estimate of drug-likeness (QED) is 0.0264. The van der Waals surface area contributed by atoms with E-state index in [2.05, 4.69) is 74.6 Å². The van der Waals surface area contributed by atoms with Crippen LogP contribution in [0.25, 0.3) is 0 Å². The Morgan fingerprint density at radius 3 is 0.837 bits per heavy atom. The van der Waals surface area contributed by atoms with Crippen molar-refractivity contribution in [2.45, 2.75) is 463 Å². The molecule has 0 heterocycles. The van der Waals surface area contributed by atoms with Gasteiger partial charge in [0.1, 0.15) is 6.61 Å². The topological polar surface area (TPSA) is 134 Å². The summed E-state index contributed by atoms with van der Waals surface area (Å²) >= 11 is 0. The molecular weight excluding hydrogens is 1230 g/mol. The van der Waals surface area contributed by atoms with Gasteiger partial charge in [-0.25, -0.2) is 4.57 Å². The van der Waals surface area contributed by atoms with E-state index in [1.807, 2.05) is 0 Å². The minimum atomic E-state index is -4.40. The Hall–Kier alpha value is -2.29. The number of esters is 2. The number of nitrogens with two attached hydrogens (primary N) is 1. The largest absolute Gasteiger partial charge is 0.472 e. The maximum atomic E-state index is 12.8. The molecule has 9 nitrogen and oxygen atoms in total. The molecule has 0 bridgehead atoms. The van der Waals surface area contributed by atoms with Crippen molar-refractivity contribution < 1.29 is 37.6 Å². The molecule has 0 spiro atoms. The molecule has 0 aliphatic heterocycles. The van der Waals surface area contributed by atoms with E-state index in [1.54, 1.807) is 0 Å². The Morgan fingerprint density at radius 1 is 0.316 bits per heavy atom. The van der Waals surface area contributed by atoms with Gasteiger partial charge in [0, 0.05) is 19.4 Å². The molecule has 0 aliphatic rings. The average Bonchev–Trinajstić information content (AvgIpc) is 1.28. The summed E-state index contributed by atoms with van der Waals surface area (Å²) in [5.41, 5.74) is 5.42. The molecule has 2 unspecified atom stereocenters. The van der Waals surface area contributed by atoms with E-state index in [4.69, 9.17) is 24.3 Å². The molecule has 0 aromatic carbocycles. The summed E-state index contributed by atoms with van der Waals surface area (Å²) in [6.45, 7) is 3.72. The zero-order chi connectivity index (χ0) is 70.8. The molecule has 0 fully saturated rings. The Kier molecular flexibility index (Phi) is 81.7. The van der Waals surface area contributed by atoms with Crippen LogP contribution in [0.5, 0.6) is 0 Å². The number of rotatable bonds is 83. The minimum Gasteiger partial charge on any atom is -0.462 e. The molecule has 2 atom stereocenters. The molecule has 0 rings (SSSR count). The fraction of sp³-hybridized carbons (Fsp3) is 0.864. The number of carbonyl (C=O) groups is 2. The maximum Gasteiger partial charge on any atom is 0.472 e. The van der Waals surface area contributed by atoms with Crippen LogP contribution in [0.3, 0.4) is 0 Å². The van der Waals surface area contributed by atoms with Crippen molar-refractivity contribution in [3.05, 3.63) is 60.8 Å². The molecule has 3 N–H and O–H groups in total. The van der Waals surface area contributed by atoms with Gasteiger partial charge in [-0.05, 0) is 57.8 Å². The molecule has 0 amide bonds. The Morgan fingerprint density at radius 2 is 0.561 bits per heavy atom. The van der Waals surface area contributed by atoms with Crippen LogP contribution >= 0.6 is 7.82 Å². The summed E-state index contributed by atoms with van der Waals surface area (Å²) in [5.74, 6) is -0.800. The molecule has 98 heavy (non-hydrogen) atoms. The van der Waals surface area contributed by atoms with Gasteiger partial charge in [-0.2, -0.15) is 0 Å². The highest BCUT2D eigenvalue weighted by atomic mass is 31.2. The van der Waals surface area contributed by atoms with Gasteiger partial charge in [-0.15, -0.1) is 0 Å². The average molecular weight is 1400 g/mol. The van der Waals surface area contributed by atoms with E-state index >= 15 is 0 Å². The van der Waals surface area contributed by atoms with Gasteiger partial charge in [-0.1, -0.05) is 447 Å². The first-order chi connectivity index (χ1) is 48.3. The molecule has 0 saturated heterocycles. The van der Waals surface area contributed by atoms with Crippen LogP contribution in [0.15, 0.2) is 60.8 Å². The van der Waals surface area contributed by atoms with Gasteiger partial charge in [0.15, 0.2) is 6.10 Å². The summed E-state index contributed by atoms with van der Waals surface area (Å²) in [7, 11) is -4.40. The molecule has 0 aromatic heterocycles. The summed E-state index contributed by atoms with van der Waals surface area (Å²) < 4.78 is 33.3. The number of allylic oxidation sites excluding steroid dienone is 10. The Bertz CT molecular complexity index is 1800. The maximum absolute atomic E-state index is 12.8. The zero-order valence-corrected chi connectivity index (χ0v) is 66.2. The van der Waals surface area contributed by atoms with Gasteiger partial charge in [-0.3, -0.25) is 18.6 Å². The third-order valence-electron chi connectivity index (χ3n) is 19.7. The van der Waals surface area contributed by atoms with Crippen LogP contribution in [0.4, 0.5) is 0 Å². The lowest BCUT2D eigenvalue weighted by atomic mass is 10.0. The predicted molar refractivity (Wildman–Crippen MR) is 427 cm³/mol. The van der Waals surface area contributed by atoms with E-state index in [9.17, 15) is 19.0 Å². The third-order valence-corrected chi connectivity index (χ3v) is 20.7. The number of hydrogen-bond donors (Lipinski definition) is 2. The smallest absolute Gasteiger partial charge is 0.462 e. The monoisotopic (exact) mass is 1400 g/mol. The lowest BCUT2D eigenvalue weighted by molar-refractivity contribution is -0.161. The van der Waals surface area contributed by atoms with Crippen molar-refractivity contribution in [3.8, 4) is 0 Å². The fourth-order valence-electron chi connectivity index (χ4n) is 13.3. The second kappa shape index (κ2) is 83.7. The second-order valence-corrected chi connectivity index (χ2v) is 30.8. The number of hydrogen-bond acceptors (Lipinski definition) is 8. The first kappa shape index (κ1) is 95.7. The zero-order valence-electron chi connectivity index (χ0n) is 65.3. The van der Waals surface area contributed by atoms with Crippen molar-refractivity contribution >= 4 is 19.8 Å². The summed E-state index contributed by atoms with van der Waals surface area (Å²) in [5, 5.41) is 0. The number of phosphoric ester groups is 1. The van der Waals surface area contributed by atoms with Crippen molar-refractivity contribution in [2.24, 2.45) is 5.73 Å².